The summed E-state index contributed by atoms with van der Waals surface area (Å²) >= 11 is 0. The summed E-state index contributed by atoms with van der Waals surface area (Å²) in [6, 6.07) is 23.0. The molecule has 2 aliphatic heterocycles. The Morgan fingerprint density at radius 3 is 1.13 bits per heavy atom. The van der Waals surface area contributed by atoms with E-state index in [0.717, 1.165) is 22.3 Å². The first-order valence-electron chi connectivity index (χ1n) is 17.4. The summed E-state index contributed by atoms with van der Waals surface area (Å²) < 4.78 is 58.7. The zero-order valence-electron chi connectivity index (χ0n) is 30.8. The van der Waals surface area contributed by atoms with Crippen LogP contribution < -0.4 is 18.9 Å². The maximum Gasteiger partial charge on any atom is 0.247 e. The lowest BCUT2D eigenvalue weighted by molar-refractivity contribution is -0.130. The van der Waals surface area contributed by atoms with E-state index in [-0.39, 0.29) is 23.4 Å². The van der Waals surface area contributed by atoms with Gasteiger partial charge in [-0.1, -0.05) is 36.4 Å². The van der Waals surface area contributed by atoms with Gasteiger partial charge in [-0.15, -0.1) is 0 Å². The highest BCUT2D eigenvalue weighted by atomic mass is 19.1. The second-order valence-corrected chi connectivity index (χ2v) is 12.1. The van der Waals surface area contributed by atoms with Gasteiger partial charge < -0.3 is 38.2 Å². The molecule has 2 aliphatic rings. The van der Waals surface area contributed by atoms with Crippen LogP contribution in [0.25, 0.3) is 11.1 Å². The number of hydrogen-bond acceptors (Lipinski definition) is 8. The first-order chi connectivity index (χ1) is 26.2. The molecule has 0 unspecified atom stereocenters. The standard InChI is InChI=1S/2C21H22FNO4/c2*1-25-19-8-5-16(13-20(19)26-2)18(15-3-6-17(22)7-4-15)14-21(24)23-9-11-27-12-10-23/h2*3-8,13-14H,9-12H2,1-2H3. The average Bonchev–Trinajstić information content (AvgIpc) is 3.22. The van der Waals surface area contributed by atoms with Crippen LogP contribution in [0.4, 0.5) is 8.78 Å². The van der Waals surface area contributed by atoms with Crippen LogP contribution in [0.5, 0.6) is 23.0 Å². The number of methoxy groups -OCH3 is 4. The van der Waals surface area contributed by atoms with E-state index in [1.54, 1.807) is 98.9 Å². The van der Waals surface area contributed by atoms with E-state index in [9.17, 15) is 18.4 Å². The van der Waals surface area contributed by atoms with Crippen molar-refractivity contribution in [3.05, 3.63) is 131 Å². The lowest BCUT2D eigenvalue weighted by Gasteiger charge is -2.26. The number of benzene rings is 4. The number of halogens is 2. The third kappa shape index (κ3) is 10.2. The molecular weight excluding hydrogens is 698 g/mol. The van der Waals surface area contributed by atoms with Crippen molar-refractivity contribution < 1.29 is 46.8 Å². The second kappa shape index (κ2) is 19.4. The van der Waals surface area contributed by atoms with Crippen LogP contribution in [-0.2, 0) is 19.1 Å². The summed E-state index contributed by atoms with van der Waals surface area (Å²) in [6.07, 6.45) is 3.17. The van der Waals surface area contributed by atoms with Gasteiger partial charge in [-0.2, -0.15) is 0 Å². The van der Waals surface area contributed by atoms with E-state index < -0.39 is 0 Å². The number of rotatable bonds is 10. The summed E-state index contributed by atoms with van der Waals surface area (Å²) in [6.45, 7) is 4.33. The average molecular weight is 743 g/mol. The number of carbonyl (C=O) groups is 2. The smallest absolute Gasteiger partial charge is 0.247 e. The van der Waals surface area contributed by atoms with E-state index in [0.29, 0.717) is 86.8 Å². The van der Waals surface area contributed by atoms with Crippen molar-refractivity contribution >= 4 is 23.0 Å². The maximum atomic E-state index is 13.4. The minimum atomic E-state index is -0.329. The summed E-state index contributed by atoms with van der Waals surface area (Å²) in [7, 11) is 6.25. The molecule has 2 saturated heterocycles. The van der Waals surface area contributed by atoms with Gasteiger partial charge >= 0.3 is 0 Å². The minimum Gasteiger partial charge on any atom is -0.493 e. The van der Waals surface area contributed by atoms with E-state index >= 15 is 0 Å². The second-order valence-electron chi connectivity index (χ2n) is 12.1. The summed E-state index contributed by atoms with van der Waals surface area (Å²) in [5.41, 5.74) is 4.41. The van der Waals surface area contributed by atoms with Gasteiger partial charge in [0.1, 0.15) is 11.6 Å². The molecule has 12 heteroatoms. The molecule has 4 aromatic rings. The van der Waals surface area contributed by atoms with E-state index in [2.05, 4.69) is 0 Å². The van der Waals surface area contributed by atoms with E-state index in [1.807, 2.05) is 12.1 Å². The normalized spacial score (nSPS) is 14.8. The molecule has 284 valence electrons. The van der Waals surface area contributed by atoms with Crippen molar-refractivity contribution in [1.82, 2.24) is 9.80 Å². The first-order valence-corrected chi connectivity index (χ1v) is 17.4. The van der Waals surface area contributed by atoms with E-state index in [4.69, 9.17) is 28.4 Å². The topological polar surface area (TPSA) is 96.0 Å². The van der Waals surface area contributed by atoms with Crippen molar-refractivity contribution in [3.63, 3.8) is 0 Å². The Hall–Kier alpha value is -5.72. The largest absolute Gasteiger partial charge is 0.493 e. The number of morpholine rings is 2. The lowest BCUT2D eigenvalue weighted by Crippen LogP contribution is -2.39. The van der Waals surface area contributed by atoms with Gasteiger partial charge in [0.2, 0.25) is 11.8 Å². The Balaban J connectivity index is 0.000000208. The molecule has 2 heterocycles. The third-order valence-corrected chi connectivity index (χ3v) is 8.88. The van der Waals surface area contributed by atoms with Crippen LogP contribution in [0.15, 0.2) is 97.1 Å². The third-order valence-electron chi connectivity index (χ3n) is 8.88. The molecule has 2 amide bonds. The Labute approximate surface area is 314 Å². The number of amides is 2. The minimum absolute atomic E-state index is 0.104. The fourth-order valence-corrected chi connectivity index (χ4v) is 5.93. The van der Waals surface area contributed by atoms with Gasteiger partial charge in [-0.3, -0.25) is 9.59 Å². The molecule has 6 rings (SSSR count). The Kier molecular flexibility index (Phi) is 14.2. The van der Waals surface area contributed by atoms with Crippen LogP contribution in [-0.4, -0.2) is 103 Å². The monoisotopic (exact) mass is 742 g/mol. The highest BCUT2D eigenvalue weighted by molar-refractivity contribution is 6.00. The fraction of sp³-hybridized carbons (Fsp3) is 0.286. The molecule has 0 bridgehead atoms. The van der Waals surface area contributed by atoms with Gasteiger partial charge in [-0.05, 0) is 81.9 Å². The summed E-state index contributed by atoms with van der Waals surface area (Å²) in [5, 5.41) is 0. The van der Waals surface area contributed by atoms with Gasteiger partial charge in [0.25, 0.3) is 0 Å². The van der Waals surface area contributed by atoms with Crippen molar-refractivity contribution in [2.24, 2.45) is 0 Å². The van der Waals surface area contributed by atoms with Gasteiger partial charge in [0.15, 0.2) is 23.0 Å². The van der Waals surface area contributed by atoms with Gasteiger partial charge in [-0.25, -0.2) is 8.78 Å². The van der Waals surface area contributed by atoms with Crippen molar-refractivity contribution in [2.75, 3.05) is 81.0 Å². The predicted octanol–water partition coefficient (Wildman–Crippen LogP) is 6.27. The highest BCUT2D eigenvalue weighted by Crippen LogP contribution is 2.34. The lowest BCUT2D eigenvalue weighted by atomic mass is 9.96. The Bertz CT molecular complexity index is 1790. The molecule has 10 nitrogen and oxygen atoms in total. The molecule has 0 aromatic heterocycles. The molecular formula is C42H44F2N2O8. The molecule has 0 saturated carbocycles. The van der Waals surface area contributed by atoms with Crippen molar-refractivity contribution in [2.45, 2.75) is 0 Å². The fourth-order valence-electron chi connectivity index (χ4n) is 5.93. The Morgan fingerprint density at radius 2 is 0.815 bits per heavy atom. The maximum absolute atomic E-state index is 13.4. The van der Waals surface area contributed by atoms with Crippen LogP contribution in [0.2, 0.25) is 0 Å². The van der Waals surface area contributed by atoms with Crippen LogP contribution in [0.1, 0.15) is 22.3 Å². The Morgan fingerprint density at radius 1 is 0.500 bits per heavy atom. The van der Waals surface area contributed by atoms with Crippen LogP contribution in [0, 0.1) is 11.6 Å². The molecule has 2 fully saturated rings. The number of ether oxygens (including phenoxy) is 6. The van der Waals surface area contributed by atoms with Crippen LogP contribution in [0.3, 0.4) is 0 Å². The number of carbonyl (C=O) groups excluding carboxylic acids is 2. The summed E-state index contributed by atoms with van der Waals surface area (Å²) in [4.78, 5) is 29.0. The molecule has 0 atom stereocenters. The highest BCUT2D eigenvalue weighted by Gasteiger charge is 2.20. The molecule has 0 N–H and O–H groups in total. The zero-order valence-corrected chi connectivity index (χ0v) is 30.8. The quantitative estimate of drug-likeness (QED) is 0.176. The van der Waals surface area contributed by atoms with Crippen molar-refractivity contribution in [3.8, 4) is 23.0 Å². The van der Waals surface area contributed by atoms with E-state index in [1.165, 1.54) is 24.3 Å². The molecule has 0 spiro atoms. The molecule has 0 radical (unpaired) electrons. The molecule has 0 aliphatic carbocycles. The number of hydrogen-bond donors (Lipinski definition) is 0. The number of nitrogens with zero attached hydrogens (tertiary/aromatic N) is 2. The van der Waals surface area contributed by atoms with Gasteiger partial charge in [0.05, 0.1) is 54.9 Å². The predicted molar refractivity (Wildman–Crippen MR) is 201 cm³/mol. The van der Waals surface area contributed by atoms with Crippen molar-refractivity contribution in [1.29, 1.82) is 0 Å². The zero-order chi connectivity index (χ0) is 38.5. The van der Waals surface area contributed by atoms with Gasteiger partial charge in [0, 0.05) is 38.3 Å². The SMILES string of the molecule is COc1ccc(C(=CC(=O)N2CCOCC2)c2ccc(F)cc2)cc1OC.COc1ccc(C(=CC(=O)N2CCOCC2)c2ccc(F)cc2)cc1OC. The molecule has 4 aromatic carbocycles. The summed E-state index contributed by atoms with van der Waals surface area (Å²) in [5.74, 6) is 1.44. The first kappa shape index (κ1) is 39.5. The molecule has 54 heavy (non-hydrogen) atoms. The van der Waals surface area contributed by atoms with Crippen LogP contribution >= 0.6 is 0 Å².